The van der Waals surface area contributed by atoms with Crippen molar-refractivity contribution in [3.05, 3.63) is 45.9 Å². The molecule has 0 aliphatic heterocycles. The number of ether oxygens (including phenoxy) is 1. The summed E-state index contributed by atoms with van der Waals surface area (Å²) < 4.78 is 12.0. The van der Waals surface area contributed by atoms with Crippen molar-refractivity contribution in [3.63, 3.8) is 0 Å². The fraction of sp³-hybridized carbons (Fsp3) is 0.200. The van der Waals surface area contributed by atoms with E-state index in [0.29, 0.717) is 15.8 Å². The van der Waals surface area contributed by atoms with Gasteiger partial charge in [-0.2, -0.15) is 0 Å². The van der Waals surface area contributed by atoms with E-state index in [1.165, 1.54) is 15.9 Å². The molecule has 0 saturated heterocycles. The Morgan fingerprint density at radius 1 is 1.44 bits per heavy atom. The molecular formula is C15H12ClN3O5S. The molecule has 0 spiro atoms. The number of carbonyl (C=O) groups is 2. The lowest BCUT2D eigenvalue weighted by Gasteiger charge is -2.07. The topological polar surface area (TPSA) is 107 Å². The Labute approximate surface area is 150 Å². The minimum atomic E-state index is -1.21. The number of carboxylic acid groups (broad SMARTS) is 1. The number of imidazole rings is 1. The van der Waals surface area contributed by atoms with Crippen LogP contribution < -0.4 is 0 Å². The molecule has 0 bridgehead atoms. The number of carboxylic acids is 1. The summed E-state index contributed by atoms with van der Waals surface area (Å²) in [5.74, 6) is -1.52. The molecule has 0 aliphatic carbocycles. The highest BCUT2D eigenvalue weighted by Crippen LogP contribution is 2.31. The van der Waals surface area contributed by atoms with Crippen LogP contribution in [0.3, 0.4) is 0 Å². The molecule has 3 aromatic heterocycles. The molecule has 8 nitrogen and oxygen atoms in total. The number of rotatable bonds is 6. The van der Waals surface area contributed by atoms with E-state index in [2.05, 4.69) is 10.1 Å². The minimum absolute atomic E-state index is 0.00160. The van der Waals surface area contributed by atoms with Crippen molar-refractivity contribution in [3.8, 4) is 10.6 Å². The Kier molecular flexibility index (Phi) is 4.86. The van der Waals surface area contributed by atoms with E-state index in [9.17, 15) is 14.7 Å². The van der Waals surface area contributed by atoms with Crippen molar-refractivity contribution in [2.24, 2.45) is 0 Å². The van der Waals surface area contributed by atoms with Crippen LogP contribution >= 0.6 is 22.9 Å². The first-order valence-electron chi connectivity index (χ1n) is 7.16. The van der Waals surface area contributed by atoms with Gasteiger partial charge in [0.05, 0.1) is 28.6 Å². The Bertz CT molecular complexity index is 929. The maximum atomic E-state index is 12.0. The van der Waals surface area contributed by atoms with Crippen molar-refractivity contribution < 1.29 is 24.0 Å². The fourth-order valence-electron chi connectivity index (χ4n) is 2.18. The molecule has 0 aromatic carbocycles. The fourth-order valence-corrected chi connectivity index (χ4v) is 3.17. The molecule has 0 aliphatic rings. The Morgan fingerprint density at radius 2 is 2.24 bits per heavy atom. The van der Waals surface area contributed by atoms with Crippen LogP contribution in [-0.4, -0.2) is 38.4 Å². The summed E-state index contributed by atoms with van der Waals surface area (Å²) in [4.78, 5) is 28.0. The quantitative estimate of drug-likeness (QED) is 0.653. The Balaban J connectivity index is 1.92. The molecule has 0 atom stereocenters. The van der Waals surface area contributed by atoms with Gasteiger partial charge in [-0.05, 0) is 19.1 Å². The van der Waals surface area contributed by atoms with Gasteiger partial charge in [-0.15, -0.1) is 11.3 Å². The molecule has 1 N–H and O–H groups in total. The molecule has 0 fully saturated rings. The van der Waals surface area contributed by atoms with Crippen LogP contribution in [0.15, 0.2) is 28.9 Å². The number of halogens is 1. The van der Waals surface area contributed by atoms with E-state index in [0.717, 1.165) is 11.1 Å². The van der Waals surface area contributed by atoms with Crippen LogP contribution in [0.2, 0.25) is 4.34 Å². The van der Waals surface area contributed by atoms with Crippen molar-refractivity contribution in [1.82, 2.24) is 14.7 Å². The molecule has 3 aromatic rings. The number of nitrogens with zero attached hydrogens (tertiary/aromatic N) is 3. The van der Waals surface area contributed by atoms with Crippen LogP contribution in [-0.2, 0) is 11.3 Å². The number of hydrogen-bond acceptors (Lipinski definition) is 7. The zero-order valence-corrected chi connectivity index (χ0v) is 14.5. The van der Waals surface area contributed by atoms with Crippen molar-refractivity contribution in [1.29, 1.82) is 0 Å². The van der Waals surface area contributed by atoms with E-state index >= 15 is 0 Å². The molecule has 0 radical (unpaired) electrons. The zero-order chi connectivity index (χ0) is 18.0. The number of esters is 1. The van der Waals surface area contributed by atoms with E-state index < -0.39 is 11.9 Å². The van der Waals surface area contributed by atoms with Crippen LogP contribution in [0.4, 0.5) is 0 Å². The summed E-state index contributed by atoms with van der Waals surface area (Å²) in [6.07, 6.45) is 1.11. The third-order valence-corrected chi connectivity index (χ3v) is 4.47. The highest BCUT2D eigenvalue weighted by Gasteiger charge is 2.23. The van der Waals surface area contributed by atoms with Crippen molar-refractivity contribution in [2.45, 2.75) is 13.5 Å². The van der Waals surface area contributed by atoms with E-state index in [4.69, 9.17) is 20.9 Å². The van der Waals surface area contributed by atoms with Gasteiger partial charge < -0.3 is 18.9 Å². The molecule has 0 unspecified atom stereocenters. The second-order valence-electron chi connectivity index (χ2n) is 4.87. The van der Waals surface area contributed by atoms with Gasteiger partial charge in [0.1, 0.15) is 11.4 Å². The first kappa shape index (κ1) is 17.2. The Hall–Kier alpha value is -2.65. The molecule has 0 amide bonds. The summed E-state index contributed by atoms with van der Waals surface area (Å²) >= 11 is 7.23. The average molecular weight is 382 g/mol. The predicted molar refractivity (Wildman–Crippen MR) is 89.1 cm³/mol. The number of thiophene rings is 1. The summed E-state index contributed by atoms with van der Waals surface area (Å²) in [7, 11) is 0. The van der Waals surface area contributed by atoms with Crippen LogP contribution in [0.25, 0.3) is 10.6 Å². The third-order valence-electron chi connectivity index (χ3n) is 3.23. The van der Waals surface area contributed by atoms with E-state index in [-0.39, 0.29) is 24.7 Å². The minimum Gasteiger partial charge on any atom is -0.477 e. The van der Waals surface area contributed by atoms with Crippen LogP contribution in [0.1, 0.15) is 33.7 Å². The molecule has 25 heavy (non-hydrogen) atoms. The lowest BCUT2D eigenvalue weighted by Crippen LogP contribution is -2.18. The summed E-state index contributed by atoms with van der Waals surface area (Å²) in [5, 5.41) is 13.2. The van der Waals surface area contributed by atoms with Gasteiger partial charge in [-0.3, -0.25) is 0 Å². The van der Waals surface area contributed by atoms with Gasteiger partial charge in [0.15, 0.2) is 5.76 Å². The van der Waals surface area contributed by atoms with Crippen LogP contribution in [0, 0.1) is 0 Å². The predicted octanol–water partition coefficient (Wildman–Crippen LogP) is 3.18. The van der Waals surface area contributed by atoms with Gasteiger partial charge in [0.25, 0.3) is 0 Å². The molecule has 10 heteroatoms. The maximum absolute atomic E-state index is 12.0. The average Bonchev–Trinajstić information content (AvgIpc) is 3.27. The van der Waals surface area contributed by atoms with E-state index in [1.54, 1.807) is 25.1 Å². The SMILES string of the molecule is CCOC(=O)c1ncc(C(=O)O)n1Cc1cc(-c2ccc(Cl)s2)on1. The Morgan fingerprint density at radius 3 is 2.88 bits per heavy atom. The number of aromatic nitrogens is 3. The zero-order valence-electron chi connectivity index (χ0n) is 12.9. The highest BCUT2D eigenvalue weighted by molar-refractivity contribution is 7.19. The molecule has 0 saturated carbocycles. The number of aromatic carboxylic acids is 1. The van der Waals surface area contributed by atoms with Gasteiger partial charge in [-0.25, -0.2) is 14.6 Å². The monoisotopic (exact) mass is 381 g/mol. The van der Waals surface area contributed by atoms with E-state index in [1.807, 2.05) is 0 Å². The second kappa shape index (κ2) is 7.08. The smallest absolute Gasteiger partial charge is 0.374 e. The lowest BCUT2D eigenvalue weighted by molar-refractivity contribution is 0.0506. The van der Waals surface area contributed by atoms with Crippen molar-refractivity contribution >= 4 is 34.9 Å². The first-order chi connectivity index (χ1) is 12.0. The van der Waals surface area contributed by atoms with Gasteiger partial charge in [0, 0.05) is 6.07 Å². The summed E-state index contributed by atoms with van der Waals surface area (Å²) in [6, 6.07) is 5.19. The second-order valence-corrected chi connectivity index (χ2v) is 6.58. The lowest BCUT2D eigenvalue weighted by atomic mass is 10.3. The van der Waals surface area contributed by atoms with Gasteiger partial charge in [0.2, 0.25) is 5.82 Å². The number of carbonyl (C=O) groups excluding carboxylic acids is 1. The summed E-state index contributed by atoms with van der Waals surface area (Å²) in [5.41, 5.74) is 0.289. The molecule has 3 rings (SSSR count). The largest absolute Gasteiger partial charge is 0.477 e. The molecule has 3 heterocycles. The summed E-state index contributed by atoms with van der Waals surface area (Å²) in [6.45, 7) is 1.80. The van der Waals surface area contributed by atoms with Gasteiger partial charge >= 0.3 is 11.9 Å². The van der Waals surface area contributed by atoms with Gasteiger partial charge in [-0.1, -0.05) is 16.8 Å². The third kappa shape index (κ3) is 3.57. The maximum Gasteiger partial charge on any atom is 0.374 e. The normalized spacial score (nSPS) is 10.8. The highest BCUT2D eigenvalue weighted by atomic mass is 35.5. The first-order valence-corrected chi connectivity index (χ1v) is 8.36. The molecular weight excluding hydrogens is 370 g/mol. The standard InChI is InChI=1S/C15H12ClN3O5S/c1-2-23-15(22)13-17-6-9(14(20)21)19(13)7-8-5-10(24-18-8)11-3-4-12(16)25-11/h3-6H,2,7H2,1H3,(H,20,21). The van der Waals surface area contributed by atoms with Crippen LogP contribution in [0.5, 0.6) is 0 Å². The van der Waals surface area contributed by atoms with Crippen molar-refractivity contribution in [2.75, 3.05) is 6.61 Å². The molecule has 130 valence electrons. The number of hydrogen-bond donors (Lipinski definition) is 1.